The molecule has 0 fully saturated rings. The lowest BCUT2D eigenvalue weighted by Gasteiger charge is -2.00. The zero-order valence-corrected chi connectivity index (χ0v) is 14.5. The minimum Gasteiger partial charge on any atom is -0.477 e. The fourth-order valence-corrected chi connectivity index (χ4v) is 3.32. The summed E-state index contributed by atoms with van der Waals surface area (Å²) in [6.45, 7) is 0. The van der Waals surface area contributed by atoms with Gasteiger partial charge in [0.25, 0.3) is 0 Å². The van der Waals surface area contributed by atoms with E-state index in [2.05, 4.69) is 20.3 Å². The highest BCUT2D eigenvalue weighted by molar-refractivity contribution is 6.27. The molecule has 136 valence electrons. The monoisotopic (exact) mass is 370 g/mol. The Morgan fingerprint density at radius 2 is 1.64 bits per heavy atom. The zero-order valence-electron chi connectivity index (χ0n) is 14.5. The number of ketones is 1. The first-order chi connectivity index (χ1) is 13.5. The van der Waals surface area contributed by atoms with Crippen LogP contribution in [0, 0.1) is 0 Å². The van der Waals surface area contributed by atoms with E-state index in [1.807, 2.05) is 42.5 Å². The Morgan fingerprint density at radius 3 is 2.43 bits per heavy atom. The van der Waals surface area contributed by atoms with Crippen LogP contribution in [0.3, 0.4) is 0 Å². The van der Waals surface area contributed by atoms with Crippen LogP contribution in [0.4, 0.5) is 0 Å². The third-order valence-corrected chi connectivity index (χ3v) is 4.58. The average Bonchev–Trinajstić information content (AvgIpc) is 3.40. The van der Waals surface area contributed by atoms with Crippen molar-refractivity contribution in [2.75, 3.05) is 0 Å². The van der Waals surface area contributed by atoms with Crippen molar-refractivity contribution >= 4 is 35.7 Å². The maximum absolute atomic E-state index is 12.6. The van der Waals surface area contributed by atoms with E-state index in [4.69, 9.17) is 0 Å². The Bertz CT molecular complexity index is 1330. The molecule has 0 radical (unpaired) electrons. The van der Waals surface area contributed by atoms with Crippen LogP contribution in [0.1, 0.15) is 11.4 Å². The van der Waals surface area contributed by atoms with Crippen LogP contribution in [0.25, 0.3) is 18.2 Å². The number of hydrogen-bond acceptors (Lipinski definition) is 4. The SMILES string of the molecule is O=C(O)C1=C2C=C3C=CC(=N3)C=c3ccc([nH]3)=Cc3ccc([nH]3)C=C(N2)C1=O. The van der Waals surface area contributed by atoms with E-state index in [9.17, 15) is 14.7 Å². The summed E-state index contributed by atoms with van der Waals surface area (Å²) in [5.41, 5.74) is 2.96. The van der Waals surface area contributed by atoms with Crippen molar-refractivity contribution in [3.8, 4) is 0 Å². The molecule has 7 heteroatoms. The molecule has 2 aromatic rings. The quantitative estimate of drug-likeness (QED) is 0.554. The summed E-state index contributed by atoms with van der Waals surface area (Å²) in [5, 5.41) is 14.2. The predicted molar refractivity (Wildman–Crippen MR) is 104 cm³/mol. The average molecular weight is 370 g/mol. The number of carbonyl (C=O) groups is 2. The molecule has 0 unspecified atom stereocenters. The number of allylic oxidation sites excluding steroid dienone is 4. The number of Topliss-reactive ketones (excluding diaryl/α,β-unsaturated/α-hetero) is 1. The van der Waals surface area contributed by atoms with Gasteiger partial charge in [-0.1, -0.05) is 0 Å². The lowest BCUT2D eigenvalue weighted by atomic mass is 10.1. The Morgan fingerprint density at radius 1 is 0.893 bits per heavy atom. The molecule has 28 heavy (non-hydrogen) atoms. The number of aromatic nitrogens is 2. The van der Waals surface area contributed by atoms with Gasteiger partial charge in [0.15, 0.2) is 0 Å². The van der Waals surface area contributed by atoms with E-state index < -0.39 is 11.8 Å². The number of carbonyl (C=O) groups excluding carboxylic acids is 1. The summed E-state index contributed by atoms with van der Waals surface area (Å²) in [7, 11) is 0. The van der Waals surface area contributed by atoms with Gasteiger partial charge in [-0.15, -0.1) is 0 Å². The molecule has 3 aliphatic heterocycles. The van der Waals surface area contributed by atoms with Gasteiger partial charge in [0, 0.05) is 22.1 Å². The summed E-state index contributed by atoms with van der Waals surface area (Å²) >= 11 is 0. The van der Waals surface area contributed by atoms with Crippen molar-refractivity contribution in [1.29, 1.82) is 0 Å². The second kappa shape index (κ2) is 5.95. The highest BCUT2D eigenvalue weighted by atomic mass is 16.4. The number of aliphatic carboxylic acids is 1. The van der Waals surface area contributed by atoms with Crippen LogP contribution in [-0.4, -0.2) is 32.5 Å². The number of aromatic amines is 2. The van der Waals surface area contributed by atoms with Crippen molar-refractivity contribution in [1.82, 2.24) is 15.3 Å². The Balaban J connectivity index is 1.74. The van der Waals surface area contributed by atoms with Gasteiger partial charge in [0.05, 0.1) is 22.8 Å². The van der Waals surface area contributed by atoms with E-state index in [0.29, 0.717) is 11.4 Å². The molecule has 0 aromatic carbocycles. The van der Waals surface area contributed by atoms with Gasteiger partial charge in [0.1, 0.15) is 5.57 Å². The lowest BCUT2D eigenvalue weighted by molar-refractivity contribution is -0.134. The van der Waals surface area contributed by atoms with Gasteiger partial charge >= 0.3 is 5.97 Å². The minimum atomic E-state index is -1.28. The fourth-order valence-electron chi connectivity index (χ4n) is 3.32. The number of fused-ring (bicyclic) bond motifs is 7. The Labute approximate surface area is 158 Å². The standard InChI is InChI=1S/C21H14N4O3/c26-20-18-10-16-6-4-14(24-16)8-12-2-1-11(22-12)7-13-3-5-15(23-13)9-17(25-18)19(20)21(27)28/h1-10,22,24-25H,(H,27,28). The first-order valence-electron chi connectivity index (χ1n) is 8.62. The summed E-state index contributed by atoms with van der Waals surface area (Å²) in [6.07, 6.45) is 10.6. The largest absolute Gasteiger partial charge is 0.477 e. The molecule has 3 aliphatic rings. The number of hydrogen-bond donors (Lipinski definition) is 4. The molecular weight excluding hydrogens is 356 g/mol. The van der Waals surface area contributed by atoms with E-state index in [0.717, 1.165) is 22.1 Å². The maximum Gasteiger partial charge on any atom is 0.341 e. The Kier molecular flexibility index (Phi) is 3.42. The molecule has 8 bridgehead atoms. The minimum absolute atomic E-state index is 0.199. The first kappa shape index (κ1) is 16.1. The number of aliphatic imine (C=N–C) groups is 1. The van der Waals surface area contributed by atoms with Crippen LogP contribution < -0.4 is 16.0 Å². The fraction of sp³-hybridized carbons (Fsp3) is 0. The predicted octanol–water partition coefficient (Wildman–Crippen LogP) is 0.712. The molecule has 4 N–H and O–H groups in total. The summed E-state index contributed by atoms with van der Waals surface area (Å²) < 4.78 is 0. The molecular formula is C21H14N4O3. The topological polar surface area (TPSA) is 110 Å². The van der Waals surface area contributed by atoms with E-state index in [1.54, 1.807) is 18.2 Å². The van der Waals surface area contributed by atoms with Gasteiger partial charge in [-0.2, -0.15) is 0 Å². The molecule has 7 nitrogen and oxygen atoms in total. The van der Waals surface area contributed by atoms with E-state index in [1.165, 1.54) is 0 Å². The van der Waals surface area contributed by atoms with Gasteiger partial charge < -0.3 is 20.4 Å². The van der Waals surface area contributed by atoms with Crippen LogP contribution in [-0.2, 0) is 9.59 Å². The second-order valence-corrected chi connectivity index (χ2v) is 6.57. The van der Waals surface area contributed by atoms with Crippen LogP contribution >= 0.6 is 0 Å². The summed E-state index contributed by atoms with van der Waals surface area (Å²) in [4.78, 5) is 35.2. The zero-order chi connectivity index (χ0) is 19.3. The highest BCUT2D eigenvalue weighted by Crippen LogP contribution is 2.24. The molecule has 0 saturated heterocycles. The number of H-pyrrole nitrogens is 2. The Hall–Kier alpha value is -4.13. The van der Waals surface area contributed by atoms with Gasteiger partial charge in [-0.05, 0) is 60.7 Å². The number of nitrogens with zero attached hydrogens (tertiary/aromatic N) is 1. The number of rotatable bonds is 1. The molecule has 0 saturated carbocycles. The van der Waals surface area contributed by atoms with Gasteiger partial charge in [-0.25, -0.2) is 9.79 Å². The van der Waals surface area contributed by atoms with Gasteiger partial charge in [-0.3, -0.25) is 4.79 Å². The third kappa shape index (κ3) is 2.75. The van der Waals surface area contributed by atoms with Crippen molar-refractivity contribution in [2.24, 2.45) is 4.99 Å². The smallest absolute Gasteiger partial charge is 0.341 e. The van der Waals surface area contributed by atoms with Crippen molar-refractivity contribution < 1.29 is 14.7 Å². The molecule has 0 amide bonds. The maximum atomic E-state index is 12.6. The molecule has 0 spiro atoms. The number of nitrogens with one attached hydrogen (secondary N) is 3. The van der Waals surface area contributed by atoms with E-state index in [-0.39, 0.29) is 17.0 Å². The first-order valence-corrected chi connectivity index (χ1v) is 8.62. The van der Waals surface area contributed by atoms with Crippen LogP contribution in [0.2, 0.25) is 0 Å². The molecule has 2 aromatic heterocycles. The number of carboxylic acids is 1. The lowest BCUT2D eigenvalue weighted by Crippen LogP contribution is -2.11. The molecule has 5 heterocycles. The van der Waals surface area contributed by atoms with Crippen molar-refractivity contribution in [3.63, 3.8) is 0 Å². The normalized spacial score (nSPS) is 17.4. The van der Waals surface area contributed by atoms with Gasteiger partial charge in [0.2, 0.25) is 5.78 Å². The van der Waals surface area contributed by atoms with Crippen LogP contribution in [0.5, 0.6) is 0 Å². The number of carboxylic acid groups (broad SMARTS) is 1. The summed E-state index contributed by atoms with van der Waals surface area (Å²) in [6, 6.07) is 7.64. The van der Waals surface area contributed by atoms with Crippen molar-refractivity contribution in [2.45, 2.75) is 0 Å². The highest BCUT2D eigenvalue weighted by Gasteiger charge is 2.32. The third-order valence-electron chi connectivity index (χ3n) is 4.58. The second-order valence-electron chi connectivity index (χ2n) is 6.57. The molecule has 0 aliphatic carbocycles. The molecule has 0 atom stereocenters. The van der Waals surface area contributed by atoms with Crippen LogP contribution in [0.15, 0.2) is 70.2 Å². The molecule has 5 rings (SSSR count). The van der Waals surface area contributed by atoms with E-state index >= 15 is 0 Å². The van der Waals surface area contributed by atoms with Crippen molar-refractivity contribution in [3.05, 3.63) is 87.2 Å². The summed E-state index contributed by atoms with van der Waals surface area (Å²) in [5.74, 6) is -1.84.